The highest BCUT2D eigenvalue weighted by atomic mass is 32.2. The van der Waals surface area contributed by atoms with Crippen molar-refractivity contribution in [2.24, 2.45) is 0 Å². The van der Waals surface area contributed by atoms with E-state index < -0.39 is 15.8 Å². The highest BCUT2D eigenvalue weighted by Gasteiger charge is 2.14. The van der Waals surface area contributed by atoms with Gasteiger partial charge in [-0.05, 0) is 73.2 Å². The Bertz CT molecular complexity index is 1160. The topological polar surface area (TPSA) is 92.3 Å². The van der Waals surface area contributed by atoms with Gasteiger partial charge in [-0.3, -0.25) is 14.3 Å². The third kappa shape index (κ3) is 5.51. The third-order valence-electron chi connectivity index (χ3n) is 4.27. The number of amides is 1. The van der Waals surface area contributed by atoms with Crippen LogP contribution in [0.25, 0.3) is 0 Å². The van der Waals surface area contributed by atoms with E-state index in [0.717, 1.165) is 12.1 Å². The van der Waals surface area contributed by atoms with Crippen LogP contribution in [0.2, 0.25) is 0 Å². The molecule has 0 atom stereocenters. The van der Waals surface area contributed by atoms with Crippen LogP contribution < -0.4 is 10.0 Å². The summed E-state index contributed by atoms with van der Waals surface area (Å²) in [7, 11) is -3.84. The van der Waals surface area contributed by atoms with Gasteiger partial charge in [-0.25, -0.2) is 12.8 Å². The number of halogens is 1. The van der Waals surface area contributed by atoms with Gasteiger partial charge in [0.15, 0.2) is 5.78 Å². The van der Waals surface area contributed by atoms with E-state index in [9.17, 15) is 22.4 Å². The molecule has 0 aliphatic carbocycles. The van der Waals surface area contributed by atoms with E-state index in [0.29, 0.717) is 22.5 Å². The molecular formula is C22H19FN2O4S. The summed E-state index contributed by atoms with van der Waals surface area (Å²) in [4.78, 5) is 23.4. The Balaban J connectivity index is 1.60. The summed E-state index contributed by atoms with van der Waals surface area (Å²) in [6.45, 7) is 1.47. The molecule has 6 nitrogen and oxygen atoms in total. The van der Waals surface area contributed by atoms with Crippen molar-refractivity contribution in [2.45, 2.75) is 18.2 Å². The van der Waals surface area contributed by atoms with Crippen molar-refractivity contribution in [1.29, 1.82) is 0 Å². The number of Topliss-reactive ketones (excluding diaryl/α,β-unsaturated/α-hetero) is 1. The number of carbonyl (C=O) groups excluding carboxylic acids is 2. The zero-order valence-electron chi connectivity index (χ0n) is 16.1. The molecule has 0 bridgehead atoms. The molecule has 0 fully saturated rings. The molecule has 0 heterocycles. The van der Waals surface area contributed by atoms with Crippen LogP contribution in [0.15, 0.2) is 77.7 Å². The Morgan fingerprint density at radius 3 is 1.97 bits per heavy atom. The van der Waals surface area contributed by atoms with Crippen molar-refractivity contribution >= 4 is 33.1 Å². The van der Waals surface area contributed by atoms with Crippen LogP contribution >= 0.6 is 0 Å². The molecule has 0 saturated heterocycles. The van der Waals surface area contributed by atoms with E-state index in [1.807, 2.05) is 0 Å². The first-order chi connectivity index (χ1) is 14.2. The molecule has 0 spiro atoms. The van der Waals surface area contributed by atoms with Crippen LogP contribution in [0.3, 0.4) is 0 Å². The van der Waals surface area contributed by atoms with Crippen molar-refractivity contribution in [1.82, 2.24) is 0 Å². The summed E-state index contributed by atoms with van der Waals surface area (Å²) in [5.41, 5.74) is 2.15. The maximum atomic E-state index is 13.0. The highest BCUT2D eigenvalue weighted by molar-refractivity contribution is 7.92. The molecule has 0 saturated carbocycles. The molecule has 0 aromatic heterocycles. The summed E-state index contributed by atoms with van der Waals surface area (Å²) in [5, 5.41) is 2.74. The van der Waals surface area contributed by atoms with Gasteiger partial charge in [-0.2, -0.15) is 0 Å². The standard InChI is InChI=1S/C22H19FN2O4S/c1-15(26)17-4-10-19(11-5-17)24-22(27)14-16-2-8-20(9-3-16)25-30(28,29)21-12-6-18(23)7-13-21/h2-13,25H,14H2,1H3,(H,24,27). The van der Waals surface area contributed by atoms with Gasteiger partial charge in [0, 0.05) is 16.9 Å². The molecule has 154 valence electrons. The minimum Gasteiger partial charge on any atom is -0.326 e. The second-order valence-corrected chi connectivity index (χ2v) is 8.30. The lowest BCUT2D eigenvalue weighted by atomic mass is 10.1. The number of nitrogens with one attached hydrogen (secondary N) is 2. The molecule has 3 aromatic rings. The predicted molar refractivity (Wildman–Crippen MR) is 112 cm³/mol. The smallest absolute Gasteiger partial charge is 0.261 e. The summed E-state index contributed by atoms with van der Waals surface area (Å²) >= 11 is 0. The number of benzene rings is 3. The van der Waals surface area contributed by atoms with E-state index in [-0.39, 0.29) is 23.0 Å². The number of anilines is 2. The van der Waals surface area contributed by atoms with Gasteiger partial charge in [0.05, 0.1) is 11.3 Å². The predicted octanol–water partition coefficient (Wildman–Crippen LogP) is 4.01. The highest BCUT2D eigenvalue weighted by Crippen LogP contribution is 2.18. The minimum absolute atomic E-state index is 0.0526. The summed E-state index contributed by atoms with van der Waals surface area (Å²) in [6, 6.07) is 17.5. The van der Waals surface area contributed by atoms with Crippen molar-refractivity contribution in [3.8, 4) is 0 Å². The zero-order chi connectivity index (χ0) is 21.7. The monoisotopic (exact) mass is 426 g/mol. The van der Waals surface area contributed by atoms with E-state index in [4.69, 9.17) is 0 Å². The van der Waals surface area contributed by atoms with Gasteiger partial charge in [0.2, 0.25) is 5.91 Å². The van der Waals surface area contributed by atoms with Crippen LogP contribution in [0, 0.1) is 5.82 Å². The molecule has 0 aliphatic rings. The number of ketones is 1. The Labute approximate surface area is 173 Å². The number of sulfonamides is 1. The molecule has 8 heteroatoms. The quantitative estimate of drug-likeness (QED) is 0.559. The Morgan fingerprint density at radius 1 is 0.833 bits per heavy atom. The van der Waals surface area contributed by atoms with Crippen LogP contribution in [0.4, 0.5) is 15.8 Å². The van der Waals surface area contributed by atoms with Crippen LogP contribution in [-0.2, 0) is 21.2 Å². The van der Waals surface area contributed by atoms with E-state index >= 15 is 0 Å². The van der Waals surface area contributed by atoms with Gasteiger partial charge in [-0.1, -0.05) is 12.1 Å². The second-order valence-electron chi connectivity index (χ2n) is 6.61. The van der Waals surface area contributed by atoms with Crippen molar-refractivity contribution < 1.29 is 22.4 Å². The lowest BCUT2D eigenvalue weighted by Gasteiger charge is -2.09. The summed E-state index contributed by atoms with van der Waals surface area (Å²) in [6.07, 6.45) is 0.0967. The first kappa shape index (κ1) is 21.2. The summed E-state index contributed by atoms with van der Waals surface area (Å²) in [5.74, 6) is -0.820. The molecule has 0 unspecified atom stereocenters. The summed E-state index contributed by atoms with van der Waals surface area (Å²) < 4.78 is 40.0. The van der Waals surface area contributed by atoms with Crippen molar-refractivity contribution in [3.05, 3.63) is 89.7 Å². The molecule has 2 N–H and O–H groups in total. The van der Waals surface area contributed by atoms with Gasteiger partial charge >= 0.3 is 0 Å². The van der Waals surface area contributed by atoms with Gasteiger partial charge in [0.25, 0.3) is 10.0 Å². The van der Waals surface area contributed by atoms with Crippen LogP contribution in [0.1, 0.15) is 22.8 Å². The van der Waals surface area contributed by atoms with Gasteiger partial charge in [0.1, 0.15) is 5.82 Å². The van der Waals surface area contributed by atoms with E-state index in [1.165, 1.54) is 19.1 Å². The molecule has 1 amide bonds. The fraction of sp³-hybridized carbons (Fsp3) is 0.0909. The first-order valence-corrected chi connectivity index (χ1v) is 10.5. The number of hydrogen-bond donors (Lipinski definition) is 2. The number of carbonyl (C=O) groups is 2. The molecule has 30 heavy (non-hydrogen) atoms. The molecule has 3 rings (SSSR count). The van der Waals surface area contributed by atoms with Gasteiger partial charge < -0.3 is 5.32 Å². The van der Waals surface area contributed by atoms with Crippen LogP contribution in [0.5, 0.6) is 0 Å². The molecule has 3 aromatic carbocycles. The van der Waals surface area contributed by atoms with Crippen molar-refractivity contribution in [3.63, 3.8) is 0 Å². The van der Waals surface area contributed by atoms with Crippen molar-refractivity contribution in [2.75, 3.05) is 10.0 Å². The molecule has 0 aliphatic heterocycles. The lowest BCUT2D eigenvalue weighted by Crippen LogP contribution is -2.15. The zero-order valence-corrected chi connectivity index (χ0v) is 16.9. The van der Waals surface area contributed by atoms with Crippen LogP contribution in [-0.4, -0.2) is 20.1 Å². The Hall–Kier alpha value is -3.52. The largest absolute Gasteiger partial charge is 0.326 e. The SMILES string of the molecule is CC(=O)c1ccc(NC(=O)Cc2ccc(NS(=O)(=O)c3ccc(F)cc3)cc2)cc1. The number of rotatable bonds is 7. The lowest BCUT2D eigenvalue weighted by molar-refractivity contribution is -0.115. The Morgan fingerprint density at radius 2 is 1.40 bits per heavy atom. The first-order valence-electron chi connectivity index (χ1n) is 9.01. The Kier molecular flexibility index (Phi) is 6.27. The maximum absolute atomic E-state index is 13.0. The second kappa shape index (κ2) is 8.87. The average Bonchev–Trinajstić information content (AvgIpc) is 2.70. The van der Waals surface area contributed by atoms with E-state index in [1.54, 1.807) is 48.5 Å². The van der Waals surface area contributed by atoms with Gasteiger partial charge in [-0.15, -0.1) is 0 Å². The van der Waals surface area contributed by atoms with E-state index in [2.05, 4.69) is 10.0 Å². The normalized spacial score (nSPS) is 11.0. The third-order valence-corrected chi connectivity index (χ3v) is 5.67. The molecular weight excluding hydrogens is 407 g/mol. The number of hydrogen-bond acceptors (Lipinski definition) is 4. The fourth-order valence-electron chi connectivity index (χ4n) is 2.70. The fourth-order valence-corrected chi connectivity index (χ4v) is 3.76. The maximum Gasteiger partial charge on any atom is 0.261 e. The minimum atomic E-state index is -3.84. The molecule has 0 radical (unpaired) electrons. The average molecular weight is 426 g/mol.